The maximum atomic E-state index is 10.8. The molecule has 4 atom stereocenters. The van der Waals surface area contributed by atoms with Gasteiger partial charge in [-0.2, -0.15) is 10.1 Å². The lowest BCUT2D eigenvalue weighted by Gasteiger charge is -2.55. The third-order valence-corrected chi connectivity index (χ3v) is 9.81. The maximum Gasteiger partial charge on any atom is 0.0464 e. The first-order valence-corrected chi connectivity index (χ1v) is 14.0. The van der Waals surface area contributed by atoms with E-state index in [9.17, 15) is 10.4 Å². The molecular formula is C29H58N2O2. The highest BCUT2D eigenvalue weighted by molar-refractivity contribution is 5.01. The standard InChI is InChI=1S/C29H58N2O2/c1-22(2)28(9)20-24(18-26(5,6)30(28)32)16-14-12-11-13-15-17-25-19-27(7,8)31(33)29(10,21-25)23(3)4/h22-25,32-33H,11-21H2,1-10H3. The van der Waals surface area contributed by atoms with Gasteiger partial charge in [-0.25, -0.2) is 0 Å². The Hall–Kier alpha value is -0.160. The molecule has 2 N–H and O–H groups in total. The van der Waals surface area contributed by atoms with Gasteiger partial charge in [-0.05, 0) is 90.9 Å². The highest BCUT2D eigenvalue weighted by Gasteiger charge is 2.49. The summed E-state index contributed by atoms with van der Waals surface area (Å²) in [6, 6.07) is 0. The average Bonchev–Trinajstić information content (AvgIpc) is 2.68. The lowest BCUT2D eigenvalue weighted by atomic mass is 9.68. The van der Waals surface area contributed by atoms with Crippen LogP contribution in [-0.4, -0.2) is 42.7 Å². The van der Waals surface area contributed by atoms with Gasteiger partial charge < -0.3 is 10.4 Å². The molecule has 0 aliphatic carbocycles. The zero-order chi connectivity index (χ0) is 25.2. The molecule has 2 heterocycles. The molecule has 2 aliphatic rings. The first-order valence-electron chi connectivity index (χ1n) is 14.0. The van der Waals surface area contributed by atoms with Gasteiger partial charge in [0.25, 0.3) is 0 Å². The maximum absolute atomic E-state index is 10.8. The van der Waals surface area contributed by atoms with E-state index in [1.807, 2.05) is 0 Å². The van der Waals surface area contributed by atoms with E-state index in [1.54, 1.807) is 10.1 Å². The summed E-state index contributed by atoms with van der Waals surface area (Å²) in [4.78, 5) is 0. The second-order valence-corrected chi connectivity index (χ2v) is 14.2. The molecule has 2 fully saturated rings. The fourth-order valence-corrected chi connectivity index (χ4v) is 7.22. The zero-order valence-corrected chi connectivity index (χ0v) is 23.9. The van der Waals surface area contributed by atoms with E-state index in [1.165, 1.54) is 44.9 Å². The summed E-state index contributed by atoms with van der Waals surface area (Å²) in [7, 11) is 0. The average molecular weight is 467 g/mol. The molecule has 4 heteroatoms. The van der Waals surface area contributed by atoms with Crippen LogP contribution in [0.1, 0.15) is 140 Å². The summed E-state index contributed by atoms with van der Waals surface area (Å²) in [5.74, 6) is 2.33. The third kappa shape index (κ3) is 6.54. The normalized spacial score (nSPS) is 35.5. The third-order valence-electron chi connectivity index (χ3n) is 9.81. The van der Waals surface area contributed by atoms with E-state index >= 15 is 0 Å². The highest BCUT2D eigenvalue weighted by Crippen LogP contribution is 2.46. The number of hydroxylamine groups is 4. The number of hydrogen-bond donors (Lipinski definition) is 2. The number of hydrogen-bond acceptors (Lipinski definition) is 4. The smallest absolute Gasteiger partial charge is 0.0464 e. The largest absolute Gasteiger partial charge is 0.313 e. The van der Waals surface area contributed by atoms with E-state index in [0.29, 0.717) is 11.8 Å². The van der Waals surface area contributed by atoms with Gasteiger partial charge in [-0.1, -0.05) is 72.6 Å². The lowest BCUT2D eigenvalue weighted by Crippen LogP contribution is -2.62. The van der Waals surface area contributed by atoms with Gasteiger partial charge in [-0.3, -0.25) is 0 Å². The molecule has 33 heavy (non-hydrogen) atoms. The number of piperidine rings is 2. The molecular weight excluding hydrogens is 408 g/mol. The molecule has 0 aromatic rings. The molecule has 0 amide bonds. The Bertz CT molecular complexity index is 565. The minimum absolute atomic E-state index is 0.116. The Kier molecular flexibility index (Phi) is 9.56. The fourth-order valence-electron chi connectivity index (χ4n) is 7.22. The number of nitrogens with zero attached hydrogens (tertiary/aromatic N) is 2. The summed E-state index contributed by atoms with van der Waals surface area (Å²) < 4.78 is 0. The van der Waals surface area contributed by atoms with Crippen LogP contribution in [0.4, 0.5) is 0 Å². The van der Waals surface area contributed by atoms with Crippen molar-refractivity contribution in [3.63, 3.8) is 0 Å². The Morgan fingerprint density at radius 3 is 1.18 bits per heavy atom. The van der Waals surface area contributed by atoms with Crippen LogP contribution in [0.15, 0.2) is 0 Å². The summed E-state index contributed by atoms with van der Waals surface area (Å²) in [5.41, 5.74) is -0.502. The quantitative estimate of drug-likeness (QED) is 0.318. The van der Waals surface area contributed by atoms with Crippen molar-refractivity contribution in [2.24, 2.45) is 23.7 Å². The van der Waals surface area contributed by atoms with E-state index in [2.05, 4.69) is 69.2 Å². The Balaban J connectivity index is 1.72. The SMILES string of the molecule is CC(C)C1(C)CC(CCCCCCCC2CC(C)(C)N(O)C(C)(C(C)C)C2)CC(C)(C)N1O. The zero-order valence-electron chi connectivity index (χ0n) is 23.9. The Labute approximate surface area is 206 Å². The van der Waals surface area contributed by atoms with E-state index in [4.69, 9.17) is 0 Å². The van der Waals surface area contributed by atoms with Crippen molar-refractivity contribution in [3.05, 3.63) is 0 Å². The molecule has 4 nitrogen and oxygen atoms in total. The van der Waals surface area contributed by atoms with Gasteiger partial charge in [0, 0.05) is 22.2 Å². The Morgan fingerprint density at radius 1 is 0.576 bits per heavy atom. The fraction of sp³-hybridized carbons (Fsp3) is 1.00. The first-order chi connectivity index (χ1) is 15.1. The van der Waals surface area contributed by atoms with Crippen molar-refractivity contribution in [1.29, 1.82) is 0 Å². The summed E-state index contributed by atoms with van der Waals surface area (Å²) >= 11 is 0. The summed E-state index contributed by atoms with van der Waals surface area (Å²) in [6.07, 6.45) is 13.7. The molecule has 0 radical (unpaired) electrons. The van der Waals surface area contributed by atoms with Crippen molar-refractivity contribution < 1.29 is 10.4 Å². The molecule has 0 spiro atoms. The van der Waals surface area contributed by atoms with E-state index in [-0.39, 0.29) is 22.2 Å². The van der Waals surface area contributed by atoms with Crippen LogP contribution in [0.25, 0.3) is 0 Å². The Morgan fingerprint density at radius 2 is 0.879 bits per heavy atom. The topological polar surface area (TPSA) is 46.9 Å². The highest BCUT2D eigenvalue weighted by atomic mass is 16.5. The van der Waals surface area contributed by atoms with Crippen LogP contribution >= 0.6 is 0 Å². The van der Waals surface area contributed by atoms with E-state index < -0.39 is 0 Å². The van der Waals surface area contributed by atoms with Crippen molar-refractivity contribution in [3.8, 4) is 0 Å². The monoisotopic (exact) mass is 466 g/mol. The van der Waals surface area contributed by atoms with Crippen molar-refractivity contribution >= 4 is 0 Å². The minimum Gasteiger partial charge on any atom is -0.313 e. The second-order valence-electron chi connectivity index (χ2n) is 14.2. The van der Waals surface area contributed by atoms with Gasteiger partial charge in [-0.15, -0.1) is 0 Å². The van der Waals surface area contributed by atoms with Crippen LogP contribution in [-0.2, 0) is 0 Å². The van der Waals surface area contributed by atoms with Gasteiger partial charge in [0.1, 0.15) is 0 Å². The number of unbranched alkanes of at least 4 members (excludes halogenated alkanes) is 4. The van der Waals surface area contributed by atoms with Crippen LogP contribution in [0, 0.1) is 23.7 Å². The van der Waals surface area contributed by atoms with E-state index in [0.717, 1.165) is 37.5 Å². The predicted molar refractivity (Wildman–Crippen MR) is 140 cm³/mol. The van der Waals surface area contributed by atoms with Gasteiger partial charge in [0.2, 0.25) is 0 Å². The van der Waals surface area contributed by atoms with Crippen LogP contribution in [0.2, 0.25) is 0 Å². The van der Waals surface area contributed by atoms with Crippen LogP contribution in [0.5, 0.6) is 0 Å². The second kappa shape index (κ2) is 10.8. The summed E-state index contributed by atoms with van der Waals surface area (Å²) in [6.45, 7) is 22.3. The molecule has 0 aromatic carbocycles. The first kappa shape index (κ1) is 29.1. The summed E-state index contributed by atoms with van der Waals surface area (Å²) in [5, 5.41) is 25.0. The van der Waals surface area contributed by atoms with Gasteiger partial charge in [0.15, 0.2) is 0 Å². The minimum atomic E-state index is -0.135. The van der Waals surface area contributed by atoms with Crippen molar-refractivity contribution in [1.82, 2.24) is 10.1 Å². The number of rotatable bonds is 10. The molecule has 2 saturated heterocycles. The van der Waals surface area contributed by atoms with Gasteiger partial charge >= 0.3 is 0 Å². The molecule has 196 valence electrons. The lowest BCUT2D eigenvalue weighted by molar-refractivity contribution is -0.268. The molecule has 2 rings (SSSR count). The van der Waals surface area contributed by atoms with Crippen molar-refractivity contribution in [2.75, 3.05) is 0 Å². The molecule has 0 aromatic heterocycles. The molecule has 2 aliphatic heterocycles. The predicted octanol–water partition coefficient (Wildman–Crippen LogP) is 8.31. The molecule has 0 bridgehead atoms. The molecule has 4 unspecified atom stereocenters. The van der Waals surface area contributed by atoms with Crippen LogP contribution in [0.3, 0.4) is 0 Å². The van der Waals surface area contributed by atoms with Crippen LogP contribution < -0.4 is 0 Å². The molecule has 0 saturated carbocycles. The van der Waals surface area contributed by atoms with Crippen molar-refractivity contribution in [2.45, 2.75) is 162 Å². The van der Waals surface area contributed by atoms with Gasteiger partial charge in [0.05, 0.1) is 0 Å².